The number of hydrogen-bond acceptors (Lipinski definition) is 5. The molecule has 0 aliphatic rings. The fourth-order valence-electron chi connectivity index (χ4n) is 1.83. The number of aromatic nitrogens is 1. The van der Waals surface area contributed by atoms with Crippen LogP contribution in [0.15, 0.2) is 28.4 Å². The highest BCUT2D eigenvalue weighted by Crippen LogP contribution is 2.35. The zero-order valence-corrected chi connectivity index (χ0v) is 11.4. The molecule has 1 aromatic heterocycles. The second-order valence-corrected chi connectivity index (χ2v) is 4.53. The molecular weight excluding hydrogens is 274 g/mol. The molecule has 0 atom stereocenters. The van der Waals surface area contributed by atoms with Crippen molar-refractivity contribution < 1.29 is 14.7 Å². The van der Waals surface area contributed by atoms with Gasteiger partial charge in [-0.1, -0.05) is 11.6 Å². The maximum atomic E-state index is 11.5. The van der Waals surface area contributed by atoms with Gasteiger partial charge in [0.2, 0.25) is 11.8 Å². The Morgan fingerprint density at radius 2 is 2.14 bits per heavy atom. The van der Waals surface area contributed by atoms with Crippen molar-refractivity contribution in [1.82, 2.24) is 10.4 Å². The van der Waals surface area contributed by atoms with Crippen molar-refractivity contribution in [1.29, 1.82) is 0 Å². The smallest absolute Gasteiger partial charge is 0.265 e. The predicted molar refractivity (Wildman–Crippen MR) is 75.8 cm³/mol. The van der Waals surface area contributed by atoms with Crippen molar-refractivity contribution in [3.05, 3.63) is 23.8 Å². The lowest BCUT2D eigenvalue weighted by Gasteiger charge is -1.96. The van der Waals surface area contributed by atoms with Crippen molar-refractivity contribution in [2.24, 2.45) is 16.1 Å². The minimum Gasteiger partial charge on any atom is -0.493 e. The molecule has 2 rings (SSSR count). The van der Waals surface area contributed by atoms with Crippen LogP contribution in [0.5, 0.6) is 5.88 Å². The van der Waals surface area contributed by atoms with E-state index in [0.717, 1.165) is 5.56 Å². The summed E-state index contributed by atoms with van der Waals surface area (Å²) in [6.45, 7) is 1.90. The summed E-state index contributed by atoms with van der Waals surface area (Å²) in [5.41, 5.74) is 3.81. The number of amides is 2. The van der Waals surface area contributed by atoms with E-state index in [1.54, 1.807) is 6.07 Å². The molecule has 0 unspecified atom stereocenters. The number of fused-ring (bicyclic) bond motifs is 1. The van der Waals surface area contributed by atoms with E-state index in [2.05, 4.69) is 15.2 Å². The minimum absolute atomic E-state index is 0.0622. The molecule has 21 heavy (non-hydrogen) atoms. The van der Waals surface area contributed by atoms with E-state index in [9.17, 15) is 14.7 Å². The normalized spacial score (nSPS) is 11.1. The van der Waals surface area contributed by atoms with E-state index in [1.807, 2.05) is 24.5 Å². The van der Waals surface area contributed by atoms with E-state index in [1.165, 1.54) is 0 Å². The predicted octanol–water partition coefficient (Wildman–Crippen LogP) is 1.56. The van der Waals surface area contributed by atoms with Gasteiger partial charge in [-0.15, -0.1) is 10.2 Å². The zero-order chi connectivity index (χ0) is 15.4. The number of carbonyl (C=O) groups is 2. The largest absolute Gasteiger partial charge is 0.493 e. The summed E-state index contributed by atoms with van der Waals surface area (Å²) in [5, 5.41) is 17.7. The molecule has 0 aliphatic heterocycles. The fraction of sp³-hybridized carbons (Fsp3) is 0.231. The van der Waals surface area contributed by atoms with Gasteiger partial charge in [-0.25, -0.2) is 5.84 Å². The summed E-state index contributed by atoms with van der Waals surface area (Å²) < 4.78 is 0. The third-order valence-corrected chi connectivity index (χ3v) is 2.90. The number of azo groups is 1. The van der Waals surface area contributed by atoms with Crippen molar-refractivity contribution in [3.8, 4) is 5.88 Å². The summed E-state index contributed by atoms with van der Waals surface area (Å²) in [6, 6.07) is 5.51. The number of benzene rings is 1. The van der Waals surface area contributed by atoms with Gasteiger partial charge in [0.05, 0.1) is 5.52 Å². The molecule has 2 amide bonds. The lowest BCUT2D eigenvalue weighted by molar-refractivity contribution is -0.125. The quantitative estimate of drug-likeness (QED) is 0.294. The number of nitrogens with zero attached hydrogens (tertiary/aromatic N) is 2. The van der Waals surface area contributed by atoms with E-state index in [4.69, 9.17) is 5.84 Å². The first kappa shape index (κ1) is 14.7. The molecule has 1 heterocycles. The average Bonchev–Trinajstić information content (AvgIpc) is 2.77. The lowest BCUT2D eigenvalue weighted by atomic mass is 10.2. The van der Waals surface area contributed by atoms with E-state index in [-0.39, 0.29) is 24.4 Å². The Morgan fingerprint density at radius 1 is 1.38 bits per heavy atom. The molecule has 0 radical (unpaired) electrons. The van der Waals surface area contributed by atoms with E-state index in [0.29, 0.717) is 10.9 Å². The number of aromatic amines is 1. The van der Waals surface area contributed by atoms with Gasteiger partial charge in [-0.3, -0.25) is 15.0 Å². The molecule has 0 spiro atoms. The molecule has 0 saturated heterocycles. The second-order valence-electron chi connectivity index (χ2n) is 4.53. The summed E-state index contributed by atoms with van der Waals surface area (Å²) >= 11 is 0. The SMILES string of the molecule is Cc1ccc2[nH]c(O)c(N=NC(=O)CCC(=O)NN)c2c1. The van der Waals surface area contributed by atoms with Crippen LogP contribution in [0.3, 0.4) is 0 Å². The molecule has 110 valence electrons. The third-order valence-electron chi connectivity index (χ3n) is 2.90. The first-order valence-electron chi connectivity index (χ1n) is 6.26. The average molecular weight is 289 g/mol. The van der Waals surface area contributed by atoms with Gasteiger partial charge in [0.15, 0.2) is 5.69 Å². The Balaban J connectivity index is 2.17. The van der Waals surface area contributed by atoms with Crippen LogP contribution in [0.25, 0.3) is 10.9 Å². The second kappa shape index (κ2) is 6.14. The third kappa shape index (κ3) is 3.42. The molecule has 0 aliphatic carbocycles. The van der Waals surface area contributed by atoms with Crippen LogP contribution >= 0.6 is 0 Å². The lowest BCUT2D eigenvalue weighted by Crippen LogP contribution is -2.30. The Bertz CT molecular complexity index is 720. The van der Waals surface area contributed by atoms with Crippen LogP contribution in [-0.2, 0) is 9.59 Å². The zero-order valence-electron chi connectivity index (χ0n) is 11.4. The highest BCUT2D eigenvalue weighted by Gasteiger charge is 2.11. The number of hydrazine groups is 1. The number of nitrogens with one attached hydrogen (secondary N) is 2. The van der Waals surface area contributed by atoms with Crippen LogP contribution in [0.4, 0.5) is 5.69 Å². The van der Waals surface area contributed by atoms with Crippen LogP contribution in [0, 0.1) is 6.92 Å². The number of aromatic hydroxyl groups is 1. The monoisotopic (exact) mass is 289 g/mol. The number of H-pyrrole nitrogens is 1. The number of hydrogen-bond donors (Lipinski definition) is 4. The van der Waals surface area contributed by atoms with Gasteiger partial charge in [0, 0.05) is 18.2 Å². The number of nitrogens with two attached hydrogens (primary N) is 1. The fourth-order valence-corrected chi connectivity index (χ4v) is 1.83. The summed E-state index contributed by atoms with van der Waals surface area (Å²) in [7, 11) is 0. The Kier molecular flexibility index (Phi) is 4.29. The Morgan fingerprint density at radius 3 is 2.86 bits per heavy atom. The molecule has 8 nitrogen and oxygen atoms in total. The molecular formula is C13H15N5O3. The van der Waals surface area contributed by atoms with E-state index < -0.39 is 11.8 Å². The first-order valence-corrected chi connectivity index (χ1v) is 6.26. The van der Waals surface area contributed by atoms with Gasteiger partial charge < -0.3 is 10.1 Å². The van der Waals surface area contributed by atoms with Gasteiger partial charge >= 0.3 is 0 Å². The van der Waals surface area contributed by atoms with Crippen molar-refractivity contribution in [2.45, 2.75) is 19.8 Å². The van der Waals surface area contributed by atoms with Gasteiger partial charge in [0.25, 0.3) is 5.91 Å². The molecule has 2 aromatic rings. The summed E-state index contributed by atoms with van der Waals surface area (Å²) in [5.74, 6) is 3.72. The highest BCUT2D eigenvalue weighted by molar-refractivity contribution is 5.95. The minimum atomic E-state index is -0.569. The number of aryl methyl sites for hydroxylation is 1. The van der Waals surface area contributed by atoms with Crippen LogP contribution in [0.2, 0.25) is 0 Å². The first-order chi connectivity index (χ1) is 10.0. The van der Waals surface area contributed by atoms with Crippen LogP contribution in [-0.4, -0.2) is 21.9 Å². The Labute approximate surface area is 120 Å². The molecule has 0 fully saturated rings. The van der Waals surface area contributed by atoms with Crippen LogP contribution < -0.4 is 11.3 Å². The van der Waals surface area contributed by atoms with Crippen LogP contribution in [0.1, 0.15) is 18.4 Å². The van der Waals surface area contributed by atoms with Gasteiger partial charge in [-0.05, 0) is 19.1 Å². The Hall–Kier alpha value is -2.74. The molecule has 5 N–H and O–H groups in total. The van der Waals surface area contributed by atoms with Crippen molar-refractivity contribution >= 4 is 28.4 Å². The van der Waals surface area contributed by atoms with Gasteiger partial charge in [0.1, 0.15) is 0 Å². The standard InChI is InChI=1S/C13H15N5O3/c1-7-2-3-9-8(6-7)12(13(21)15-9)18-17-11(20)5-4-10(19)16-14/h2-3,6,15,21H,4-5,14H2,1H3,(H,16,19). The highest BCUT2D eigenvalue weighted by atomic mass is 16.3. The molecule has 0 bridgehead atoms. The van der Waals surface area contributed by atoms with E-state index >= 15 is 0 Å². The topological polar surface area (TPSA) is 133 Å². The van der Waals surface area contributed by atoms with Crippen molar-refractivity contribution in [3.63, 3.8) is 0 Å². The number of rotatable bonds is 4. The maximum absolute atomic E-state index is 11.5. The summed E-state index contributed by atoms with van der Waals surface area (Å²) in [6.07, 6.45) is -0.165. The molecule has 1 aromatic carbocycles. The van der Waals surface area contributed by atoms with Crippen molar-refractivity contribution in [2.75, 3.05) is 0 Å². The van der Waals surface area contributed by atoms with Gasteiger partial charge in [-0.2, -0.15) is 0 Å². The molecule has 0 saturated carbocycles. The summed E-state index contributed by atoms with van der Waals surface area (Å²) in [4.78, 5) is 25.2. The molecule has 8 heteroatoms. The maximum Gasteiger partial charge on any atom is 0.265 e. The number of carbonyl (C=O) groups excluding carboxylic acids is 2.